The Morgan fingerprint density at radius 1 is 1.29 bits per heavy atom. The molecule has 2 aliphatic heterocycles. The number of β-amino-alcohol motifs (C(OH)–C–C–N with tert-alkyl or cyclic N) is 1. The van der Waals surface area contributed by atoms with Gasteiger partial charge in [-0.05, 0) is 20.8 Å². The molecule has 0 aliphatic carbocycles. The van der Waals surface area contributed by atoms with E-state index in [4.69, 9.17) is 4.74 Å². The van der Waals surface area contributed by atoms with Crippen LogP contribution in [0.15, 0.2) is 0 Å². The molecule has 2 aliphatic rings. The fraction of sp³-hybridized carbons (Fsp3) is 0.882. The average Bonchev–Trinajstić information content (AvgIpc) is 2.95. The molecule has 2 rings (SSSR count). The van der Waals surface area contributed by atoms with Gasteiger partial charge in [0.2, 0.25) is 11.8 Å². The van der Waals surface area contributed by atoms with Crippen molar-refractivity contribution in [2.45, 2.75) is 39.3 Å². The molecule has 2 heterocycles. The molecule has 2 amide bonds. The van der Waals surface area contributed by atoms with Gasteiger partial charge in [-0.3, -0.25) is 14.5 Å². The molecular formula is C17H31N3O4. The first-order chi connectivity index (χ1) is 11.4. The zero-order chi connectivity index (χ0) is 17.7. The number of rotatable bonds is 7. The highest BCUT2D eigenvalue weighted by Gasteiger charge is 2.38. The maximum absolute atomic E-state index is 12.6. The van der Waals surface area contributed by atoms with Crippen LogP contribution in [0.1, 0.15) is 27.2 Å². The van der Waals surface area contributed by atoms with Gasteiger partial charge in [0.1, 0.15) is 0 Å². The lowest BCUT2D eigenvalue weighted by atomic mass is 10.1. The average molecular weight is 341 g/mol. The summed E-state index contributed by atoms with van der Waals surface area (Å²) in [6.07, 6.45) is -0.149. The van der Waals surface area contributed by atoms with Crippen LogP contribution >= 0.6 is 0 Å². The minimum absolute atomic E-state index is 0.0843. The first-order valence-corrected chi connectivity index (χ1v) is 8.98. The number of hydrogen-bond acceptors (Lipinski definition) is 5. The number of aliphatic hydroxyl groups excluding tert-OH is 1. The molecule has 1 N–H and O–H groups in total. The first kappa shape index (κ1) is 19.1. The van der Waals surface area contributed by atoms with Crippen LogP contribution < -0.4 is 0 Å². The van der Waals surface area contributed by atoms with E-state index < -0.39 is 6.10 Å². The highest BCUT2D eigenvalue weighted by Crippen LogP contribution is 2.22. The number of carbonyl (C=O) groups is 2. The summed E-state index contributed by atoms with van der Waals surface area (Å²) in [6, 6.07) is 0.152. The Morgan fingerprint density at radius 2 is 1.96 bits per heavy atom. The molecule has 7 heteroatoms. The molecule has 0 aromatic rings. The van der Waals surface area contributed by atoms with Gasteiger partial charge >= 0.3 is 0 Å². The molecule has 0 aromatic heterocycles. The van der Waals surface area contributed by atoms with Crippen molar-refractivity contribution in [2.24, 2.45) is 5.92 Å². The summed E-state index contributed by atoms with van der Waals surface area (Å²) in [6.45, 7) is 10.8. The molecule has 0 radical (unpaired) electrons. The highest BCUT2D eigenvalue weighted by atomic mass is 16.5. The van der Waals surface area contributed by atoms with Crippen molar-refractivity contribution in [3.05, 3.63) is 0 Å². The Kier molecular flexibility index (Phi) is 7.01. The van der Waals surface area contributed by atoms with Crippen molar-refractivity contribution in [1.29, 1.82) is 0 Å². The van der Waals surface area contributed by atoms with Gasteiger partial charge < -0.3 is 19.6 Å². The van der Waals surface area contributed by atoms with Crippen molar-refractivity contribution in [2.75, 3.05) is 52.5 Å². The standard InChI is InChI=1S/C17H31N3O4/c1-4-24-12-15(21)11-18-5-7-19(8-6-18)17(23)14-9-16(22)20(10-14)13(2)3/h13-15,21H,4-12H2,1-3H3/t14-,15+/m0/s1. The van der Waals surface area contributed by atoms with Crippen LogP contribution in [0.25, 0.3) is 0 Å². The fourth-order valence-corrected chi connectivity index (χ4v) is 3.41. The summed E-state index contributed by atoms with van der Waals surface area (Å²) in [5, 5.41) is 9.90. The van der Waals surface area contributed by atoms with E-state index in [1.807, 2.05) is 25.7 Å². The maximum atomic E-state index is 12.6. The lowest BCUT2D eigenvalue weighted by Gasteiger charge is -2.36. The normalized spacial score (nSPS) is 24.0. The van der Waals surface area contributed by atoms with Crippen molar-refractivity contribution >= 4 is 11.8 Å². The molecule has 0 bridgehead atoms. The lowest BCUT2D eigenvalue weighted by molar-refractivity contribution is -0.137. The number of amides is 2. The largest absolute Gasteiger partial charge is 0.389 e. The van der Waals surface area contributed by atoms with E-state index in [1.165, 1.54) is 0 Å². The minimum Gasteiger partial charge on any atom is -0.389 e. The van der Waals surface area contributed by atoms with E-state index in [0.717, 1.165) is 13.1 Å². The molecule has 0 saturated carbocycles. The predicted octanol–water partition coefficient (Wildman–Crippen LogP) is -0.215. The van der Waals surface area contributed by atoms with Gasteiger partial charge in [-0.2, -0.15) is 0 Å². The summed E-state index contributed by atoms with van der Waals surface area (Å²) in [5.74, 6) is -0.0166. The number of carbonyl (C=O) groups excluding carboxylic acids is 2. The minimum atomic E-state index is -0.487. The van der Waals surface area contributed by atoms with E-state index in [0.29, 0.717) is 45.8 Å². The summed E-state index contributed by atoms with van der Waals surface area (Å²) >= 11 is 0. The molecule has 0 aromatic carbocycles. The van der Waals surface area contributed by atoms with Gasteiger partial charge in [0.05, 0.1) is 18.6 Å². The van der Waals surface area contributed by atoms with E-state index in [-0.39, 0.29) is 23.8 Å². The Labute approximate surface area is 144 Å². The molecule has 2 fully saturated rings. The Bertz CT molecular complexity index is 436. The second-order valence-electron chi connectivity index (χ2n) is 6.98. The first-order valence-electron chi connectivity index (χ1n) is 8.98. The third-order valence-electron chi connectivity index (χ3n) is 4.80. The second-order valence-corrected chi connectivity index (χ2v) is 6.98. The van der Waals surface area contributed by atoms with Gasteiger partial charge in [0, 0.05) is 58.3 Å². The van der Waals surface area contributed by atoms with Crippen molar-refractivity contribution in [1.82, 2.24) is 14.7 Å². The number of aliphatic hydroxyl groups is 1. The van der Waals surface area contributed by atoms with E-state index in [9.17, 15) is 14.7 Å². The summed E-state index contributed by atoms with van der Waals surface area (Å²) in [5.41, 5.74) is 0. The van der Waals surface area contributed by atoms with Crippen LogP contribution in [0, 0.1) is 5.92 Å². The van der Waals surface area contributed by atoms with Crippen molar-refractivity contribution < 1.29 is 19.4 Å². The monoisotopic (exact) mass is 341 g/mol. The van der Waals surface area contributed by atoms with Crippen LogP contribution in [-0.4, -0.2) is 96.2 Å². The Morgan fingerprint density at radius 3 is 2.50 bits per heavy atom. The molecular weight excluding hydrogens is 310 g/mol. The summed E-state index contributed by atoms with van der Waals surface area (Å²) in [7, 11) is 0. The SMILES string of the molecule is CCOC[C@H](O)CN1CCN(C(=O)[C@H]2CC(=O)N(C(C)C)C2)CC1. The van der Waals surface area contributed by atoms with Crippen LogP contribution in [-0.2, 0) is 14.3 Å². The smallest absolute Gasteiger partial charge is 0.228 e. The van der Waals surface area contributed by atoms with Crippen LogP contribution in [0.4, 0.5) is 0 Å². The van der Waals surface area contributed by atoms with Gasteiger partial charge in [-0.25, -0.2) is 0 Å². The quantitative estimate of drug-likeness (QED) is 0.693. The highest BCUT2D eigenvalue weighted by molar-refractivity contribution is 5.89. The van der Waals surface area contributed by atoms with Crippen molar-refractivity contribution in [3.63, 3.8) is 0 Å². The number of hydrogen-bond donors (Lipinski definition) is 1. The molecule has 24 heavy (non-hydrogen) atoms. The number of piperazine rings is 1. The predicted molar refractivity (Wildman–Crippen MR) is 90.5 cm³/mol. The van der Waals surface area contributed by atoms with Gasteiger partial charge in [0.25, 0.3) is 0 Å². The van der Waals surface area contributed by atoms with Crippen LogP contribution in [0.2, 0.25) is 0 Å². The Balaban J connectivity index is 1.76. The summed E-state index contributed by atoms with van der Waals surface area (Å²) < 4.78 is 5.23. The topological polar surface area (TPSA) is 73.3 Å². The zero-order valence-electron chi connectivity index (χ0n) is 15.1. The third-order valence-corrected chi connectivity index (χ3v) is 4.80. The van der Waals surface area contributed by atoms with Crippen molar-refractivity contribution in [3.8, 4) is 0 Å². The molecule has 0 unspecified atom stereocenters. The number of ether oxygens (including phenoxy) is 1. The van der Waals surface area contributed by atoms with E-state index >= 15 is 0 Å². The number of likely N-dealkylation sites (tertiary alicyclic amines) is 1. The zero-order valence-corrected chi connectivity index (χ0v) is 15.1. The lowest BCUT2D eigenvalue weighted by Crippen LogP contribution is -2.52. The summed E-state index contributed by atoms with van der Waals surface area (Å²) in [4.78, 5) is 30.4. The number of nitrogens with zero attached hydrogens (tertiary/aromatic N) is 3. The molecule has 2 saturated heterocycles. The maximum Gasteiger partial charge on any atom is 0.228 e. The third kappa shape index (κ3) is 4.91. The Hall–Kier alpha value is -1.18. The molecule has 138 valence electrons. The van der Waals surface area contributed by atoms with Gasteiger partial charge in [-0.1, -0.05) is 0 Å². The van der Waals surface area contributed by atoms with Gasteiger partial charge in [0.15, 0.2) is 0 Å². The molecule has 7 nitrogen and oxygen atoms in total. The van der Waals surface area contributed by atoms with Crippen LogP contribution in [0.3, 0.4) is 0 Å². The molecule has 2 atom stereocenters. The molecule has 0 spiro atoms. The fourth-order valence-electron chi connectivity index (χ4n) is 3.41. The van der Waals surface area contributed by atoms with Gasteiger partial charge in [-0.15, -0.1) is 0 Å². The van der Waals surface area contributed by atoms with Crippen LogP contribution in [0.5, 0.6) is 0 Å². The second kappa shape index (κ2) is 8.78. The van der Waals surface area contributed by atoms with E-state index in [2.05, 4.69) is 4.90 Å². The van der Waals surface area contributed by atoms with E-state index in [1.54, 1.807) is 4.90 Å².